The minimum absolute atomic E-state index is 0.0921. The smallest absolute Gasteiger partial charge is 0.295 e. The maximum atomic E-state index is 13.3. The second-order valence-electron chi connectivity index (χ2n) is 10.1. The van der Waals surface area contributed by atoms with E-state index in [9.17, 15) is 19.1 Å². The standard InChI is InChI=1S/C30H30FNO3/c1-19-10-13-22(30(2,3)4)18-24(19)27(33)25-26(21-8-6-5-7-9-21)32(29(35)28(25)34)17-16-20-11-14-23(31)15-12-20/h5-15,18,26,33H,16-17H2,1-4H3/b27-25+. The average molecular weight is 472 g/mol. The van der Waals surface area contributed by atoms with Crippen molar-refractivity contribution in [1.29, 1.82) is 0 Å². The zero-order chi connectivity index (χ0) is 25.3. The van der Waals surface area contributed by atoms with Crippen LogP contribution in [0.1, 0.15) is 54.6 Å². The van der Waals surface area contributed by atoms with Crippen molar-refractivity contribution in [3.63, 3.8) is 0 Å². The fourth-order valence-electron chi connectivity index (χ4n) is 4.48. The summed E-state index contributed by atoms with van der Waals surface area (Å²) in [6.07, 6.45) is 0.454. The van der Waals surface area contributed by atoms with Gasteiger partial charge in [-0.3, -0.25) is 9.59 Å². The predicted octanol–water partition coefficient (Wildman–Crippen LogP) is 6.10. The van der Waals surface area contributed by atoms with Gasteiger partial charge in [0, 0.05) is 12.1 Å². The second kappa shape index (κ2) is 9.49. The molecule has 180 valence electrons. The molecule has 5 heteroatoms. The number of hydrogen-bond acceptors (Lipinski definition) is 3. The molecule has 35 heavy (non-hydrogen) atoms. The Balaban J connectivity index is 1.81. The normalized spacial score (nSPS) is 17.7. The molecule has 1 unspecified atom stereocenters. The number of carbonyl (C=O) groups excluding carboxylic acids is 2. The van der Waals surface area contributed by atoms with Crippen molar-refractivity contribution in [3.8, 4) is 0 Å². The van der Waals surface area contributed by atoms with Crippen molar-refractivity contribution in [2.24, 2.45) is 0 Å². The summed E-state index contributed by atoms with van der Waals surface area (Å²) in [4.78, 5) is 28.0. The van der Waals surface area contributed by atoms with Crippen LogP contribution in [0.3, 0.4) is 0 Å². The molecule has 1 aliphatic rings. The Morgan fingerprint density at radius 3 is 2.26 bits per heavy atom. The lowest BCUT2D eigenvalue weighted by Gasteiger charge is -2.26. The van der Waals surface area contributed by atoms with E-state index >= 15 is 0 Å². The van der Waals surface area contributed by atoms with Gasteiger partial charge in [0.1, 0.15) is 11.6 Å². The first-order chi connectivity index (χ1) is 16.6. The number of halogens is 1. The Labute approximate surface area is 205 Å². The van der Waals surface area contributed by atoms with Crippen molar-refractivity contribution in [2.75, 3.05) is 6.54 Å². The molecule has 3 aromatic rings. The lowest BCUT2D eigenvalue weighted by Crippen LogP contribution is -2.31. The van der Waals surface area contributed by atoms with E-state index in [1.165, 1.54) is 17.0 Å². The first-order valence-electron chi connectivity index (χ1n) is 11.8. The molecule has 1 saturated heterocycles. The van der Waals surface area contributed by atoms with E-state index in [4.69, 9.17) is 0 Å². The third-order valence-corrected chi connectivity index (χ3v) is 6.57. The number of carbonyl (C=O) groups is 2. The third-order valence-electron chi connectivity index (χ3n) is 6.57. The highest BCUT2D eigenvalue weighted by Crippen LogP contribution is 2.40. The van der Waals surface area contributed by atoms with E-state index in [1.807, 2.05) is 55.5 Å². The van der Waals surface area contributed by atoms with Crippen LogP contribution in [0.25, 0.3) is 5.76 Å². The number of nitrogens with zero attached hydrogens (tertiary/aromatic N) is 1. The molecule has 0 radical (unpaired) electrons. The third kappa shape index (κ3) is 4.90. The van der Waals surface area contributed by atoms with Crippen molar-refractivity contribution in [2.45, 2.75) is 45.6 Å². The number of aliphatic hydroxyl groups is 1. The zero-order valence-electron chi connectivity index (χ0n) is 20.5. The van der Waals surface area contributed by atoms with Crippen molar-refractivity contribution >= 4 is 17.4 Å². The maximum absolute atomic E-state index is 13.3. The summed E-state index contributed by atoms with van der Waals surface area (Å²) in [6.45, 7) is 8.39. The number of benzene rings is 3. The molecular weight excluding hydrogens is 441 g/mol. The van der Waals surface area contributed by atoms with Gasteiger partial charge in [-0.1, -0.05) is 75.4 Å². The van der Waals surface area contributed by atoms with Crippen LogP contribution in [0.2, 0.25) is 0 Å². The van der Waals surface area contributed by atoms with E-state index in [0.717, 1.165) is 22.3 Å². The number of ketones is 1. The monoisotopic (exact) mass is 471 g/mol. The fraction of sp³-hybridized carbons (Fsp3) is 0.267. The predicted molar refractivity (Wildman–Crippen MR) is 135 cm³/mol. The van der Waals surface area contributed by atoms with Crippen LogP contribution in [0, 0.1) is 12.7 Å². The maximum Gasteiger partial charge on any atom is 0.295 e. The molecule has 1 heterocycles. The van der Waals surface area contributed by atoms with E-state index in [2.05, 4.69) is 20.8 Å². The molecule has 3 aromatic carbocycles. The Bertz CT molecular complexity index is 1290. The summed E-state index contributed by atoms with van der Waals surface area (Å²) in [5, 5.41) is 11.5. The van der Waals surface area contributed by atoms with Gasteiger partial charge in [0.15, 0.2) is 0 Å². The molecule has 1 N–H and O–H groups in total. The molecule has 4 rings (SSSR count). The van der Waals surface area contributed by atoms with Crippen LogP contribution in [-0.2, 0) is 21.4 Å². The first-order valence-corrected chi connectivity index (χ1v) is 11.8. The molecule has 1 fully saturated rings. The number of aliphatic hydroxyl groups excluding tert-OH is 1. The average Bonchev–Trinajstić information content (AvgIpc) is 3.08. The van der Waals surface area contributed by atoms with Gasteiger partial charge in [0.05, 0.1) is 11.6 Å². The van der Waals surface area contributed by atoms with E-state index < -0.39 is 17.7 Å². The van der Waals surface area contributed by atoms with Gasteiger partial charge in [-0.25, -0.2) is 4.39 Å². The van der Waals surface area contributed by atoms with Crippen LogP contribution in [-0.4, -0.2) is 28.2 Å². The molecule has 4 nitrogen and oxygen atoms in total. The minimum Gasteiger partial charge on any atom is -0.507 e. The van der Waals surface area contributed by atoms with Gasteiger partial charge in [0.2, 0.25) is 0 Å². The molecule has 0 saturated carbocycles. The Hall–Kier alpha value is -3.73. The van der Waals surface area contributed by atoms with Gasteiger partial charge >= 0.3 is 0 Å². The lowest BCUT2D eigenvalue weighted by atomic mass is 9.84. The van der Waals surface area contributed by atoms with E-state index in [0.29, 0.717) is 12.0 Å². The Kier molecular flexibility index (Phi) is 6.62. The summed E-state index contributed by atoms with van der Waals surface area (Å²) in [7, 11) is 0. The lowest BCUT2D eigenvalue weighted by molar-refractivity contribution is -0.139. The summed E-state index contributed by atoms with van der Waals surface area (Å²) < 4.78 is 13.3. The first kappa shape index (κ1) is 24.4. The molecule has 0 spiro atoms. The fourth-order valence-corrected chi connectivity index (χ4v) is 4.48. The number of aryl methyl sites for hydroxylation is 1. The van der Waals surface area contributed by atoms with E-state index in [-0.39, 0.29) is 29.1 Å². The number of likely N-dealkylation sites (tertiary alicyclic amines) is 1. The number of amides is 1. The summed E-state index contributed by atoms with van der Waals surface area (Å²) in [6, 6.07) is 20.5. The van der Waals surface area contributed by atoms with Crippen LogP contribution < -0.4 is 0 Å². The van der Waals surface area contributed by atoms with Crippen LogP contribution in [0.4, 0.5) is 4.39 Å². The van der Waals surface area contributed by atoms with Gasteiger partial charge in [0.25, 0.3) is 11.7 Å². The molecule has 0 aromatic heterocycles. The highest BCUT2D eigenvalue weighted by molar-refractivity contribution is 6.46. The Morgan fingerprint density at radius 2 is 1.63 bits per heavy atom. The SMILES string of the molecule is Cc1ccc(C(C)(C)C)cc1/C(O)=C1\C(=O)C(=O)N(CCc2ccc(F)cc2)C1c1ccccc1. The van der Waals surface area contributed by atoms with Gasteiger partial charge < -0.3 is 10.0 Å². The van der Waals surface area contributed by atoms with Crippen molar-refractivity contribution < 1.29 is 19.1 Å². The summed E-state index contributed by atoms with van der Waals surface area (Å²) in [5.41, 5.74) is 3.93. The highest BCUT2D eigenvalue weighted by Gasteiger charge is 2.46. The zero-order valence-corrected chi connectivity index (χ0v) is 20.5. The number of hydrogen-bond donors (Lipinski definition) is 1. The van der Waals surface area contributed by atoms with Gasteiger partial charge in [-0.05, 0) is 59.2 Å². The van der Waals surface area contributed by atoms with Crippen LogP contribution in [0.15, 0.2) is 78.4 Å². The summed E-state index contributed by atoms with van der Waals surface area (Å²) in [5.74, 6) is -1.83. The van der Waals surface area contributed by atoms with Crippen molar-refractivity contribution in [3.05, 3.63) is 112 Å². The molecule has 0 bridgehead atoms. The number of rotatable bonds is 5. The molecule has 1 atom stereocenters. The van der Waals surface area contributed by atoms with E-state index in [1.54, 1.807) is 12.1 Å². The second-order valence-corrected chi connectivity index (χ2v) is 10.1. The number of Topliss-reactive ketones (excluding diaryl/α,β-unsaturated/α-hetero) is 1. The highest BCUT2D eigenvalue weighted by atomic mass is 19.1. The molecule has 1 amide bonds. The quantitative estimate of drug-likeness (QED) is 0.278. The van der Waals surface area contributed by atoms with Crippen molar-refractivity contribution in [1.82, 2.24) is 4.90 Å². The Morgan fingerprint density at radius 1 is 0.971 bits per heavy atom. The molecular formula is C30H30FNO3. The largest absolute Gasteiger partial charge is 0.507 e. The van der Waals surface area contributed by atoms with Crippen LogP contribution >= 0.6 is 0 Å². The minimum atomic E-state index is -0.714. The van der Waals surface area contributed by atoms with Gasteiger partial charge in [-0.15, -0.1) is 0 Å². The molecule has 0 aliphatic carbocycles. The summed E-state index contributed by atoms with van der Waals surface area (Å²) >= 11 is 0. The topological polar surface area (TPSA) is 57.6 Å². The van der Waals surface area contributed by atoms with Crippen LogP contribution in [0.5, 0.6) is 0 Å². The van der Waals surface area contributed by atoms with Gasteiger partial charge in [-0.2, -0.15) is 0 Å². The molecule has 1 aliphatic heterocycles.